The van der Waals surface area contributed by atoms with Crippen LogP contribution in [-0.4, -0.2) is 28.6 Å². The highest BCUT2D eigenvalue weighted by molar-refractivity contribution is 5.94. The lowest BCUT2D eigenvalue weighted by Crippen LogP contribution is -2.33. The Balaban J connectivity index is 1.46. The third-order valence-electron chi connectivity index (χ3n) is 5.14. The van der Waals surface area contributed by atoms with Crippen LogP contribution < -0.4 is 5.32 Å². The van der Waals surface area contributed by atoms with Crippen LogP contribution in [0.4, 0.5) is 0 Å². The fourth-order valence-corrected chi connectivity index (χ4v) is 3.71. The molecule has 0 amide bonds. The second kappa shape index (κ2) is 7.18. The van der Waals surface area contributed by atoms with Crippen molar-refractivity contribution < 1.29 is 9.90 Å². The number of aromatic carboxylic acids is 1. The molecule has 3 aromatic rings. The number of carboxylic acid groups (broad SMARTS) is 1. The number of hydrogen-bond acceptors (Lipinski definition) is 2. The minimum absolute atomic E-state index is 0.337. The molecule has 0 radical (unpaired) electrons. The normalized spacial score (nSPS) is 17.2. The van der Waals surface area contributed by atoms with Crippen molar-refractivity contribution in [2.75, 3.05) is 6.54 Å². The third-order valence-corrected chi connectivity index (χ3v) is 5.14. The van der Waals surface area contributed by atoms with E-state index in [9.17, 15) is 9.90 Å². The summed E-state index contributed by atoms with van der Waals surface area (Å²) in [5, 5.41) is 13.8. The predicted octanol–water partition coefficient (Wildman–Crippen LogP) is 4.24. The highest BCUT2D eigenvalue weighted by Gasteiger charge is 2.17. The number of carbonyl (C=O) groups is 1. The summed E-state index contributed by atoms with van der Waals surface area (Å²) in [4.78, 5) is 14.5. The first-order valence-corrected chi connectivity index (χ1v) is 9.02. The average molecular weight is 346 g/mol. The Morgan fingerprint density at radius 3 is 2.81 bits per heavy atom. The quantitative estimate of drug-likeness (QED) is 0.647. The van der Waals surface area contributed by atoms with Crippen LogP contribution in [0, 0.1) is 0 Å². The van der Waals surface area contributed by atoms with Crippen LogP contribution in [-0.2, 0) is 6.42 Å². The molecule has 26 heavy (non-hydrogen) atoms. The van der Waals surface area contributed by atoms with Crippen molar-refractivity contribution in [1.29, 1.82) is 0 Å². The molecule has 4 rings (SSSR count). The van der Waals surface area contributed by atoms with Gasteiger partial charge in [0.05, 0.1) is 5.56 Å². The van der Waals surface area contributed by atoms with Gasteiger partial charge in [-0.1, -0.05) is 36.4 Å². The Bertz CT molecular complexity index is 957. The van der Waals surface area contributed by atoms with Crippen LogP contribution in [0.3, 0.4) is 0 Å². The molecule has 0 aliphatic carbocycles. The van der Waals surface area contributed by atoms with E-state index in [0.29, 0.717) is 11.6 Å². The molecule has 2 aromatic carbocycles. The van der Waals surface area contributed by atoms with E-state index in [4.69, 9.17) is 0 Å². The zero-order valence-electron chi connectivity index (χ0n) is 14.5. The lowest BCUT2D eigenvalue weighted by Gasteiger charge is -2.24. The van der Waals surface area contributed by atoms with Gasteiger partial charge in [-0.25, -0.2) is 4.79 Å². The van der Waals surface area contributed by atoms with Gasteiger partial charge in [-0.2, -0.15) is 0 Å². The number of aromatic nitrogens is 1. The van der Waals surface area contributed by atoms with Crippen molar-refractivity contribution in [3.63, 3.8) is 0 Å². The Labute approximate surface area is 152 Å². The Morgan fingerprint density at radius 2 is 2.00 bits per heavy atom. The van der Waals surface area contributed by atoms with E-state index in [2.05, 4.69) is 40.6 Å². The lowest BCUT2D eigenvalue weighted by atomic mass is 9.92. The van der Waals surface area contributed by atoms with Gasteiger partial charge in [0.2, 0.25) is 0 Å². The lowest BCUT2D eigenvalue weighted by molar-refractivity contribution is 0.0697. The highest BCUT2D eigenvalue weighted by Crippen LogP contribution is 2.26. The number of fused-ring (bicyclic) bond motifs is 1. The first-order chi connectivity index (χ1) is 12.7. The van der Waals surface area contributed by atoms with Gasteiger partial charge >= 0.3 is 5.97 Å². The standard InChI is InChI=1S/C22H22N2O2/c25-22(26)17-7-9-21-20(13-17)18(14-24-21)6-8-19-12-16(10-11-23-19)15-4-2-1-3-5-15/h1-5,7,9-10,13-14,19,23-24H,6,8,11-12H2,(H,25,26). The molecule has 132 valence electrons. The van der Waals surface area contributed by atoms with E-state index in [1.807, 2.05) is 18.3 Å². The molecular formula is C22H22N2O2. The fraction of sp³-hybridized carbons (Fsp3) is 0.227. The Kier molecular flexibility index (Phi) is 4.59. The molecule has 0 spiro atoms. The van der Waals surface area contributed by atoms with Crippen LogP contribution in [0.2, 0.25) is 0 Å². The van der Waals surface area contributed by atoms with Crippen molar-refractivity contribution in [3.8, 4) is 0 Å². The average Bonchev–Trinajstić information content (AvgIpc) is 3.09. The zero-order chi connectivity index (χ0) is 17.9. The van der Waals surface area contributed by atoms with Gasteiger partial charge in [0.15, 0.2) is 0 Å². The Hall–Kier alpha value is -2.85. The monoisotopic (exact) mass is 346 g/mol. The van der Waals surface area contributed by atoms with Crippen molar-refractivity contribution >= 4 is 22.4 Å². The van der Waals surface area contributed by atoms with Crippen molar-refractivity contribution in [2.24, 2.45) is 0 Å². The summed E-state index contributed by atoms with van der Waals surface area (Å²) in [6, 6.07) is 16.2. The summed E-state index contributed by atoms with van der Waals surface area (Å²) < 4.78 is 0. The van der Waals surface area contributed by atoms with Crippen LogP contribution in [0.15, 0.2) is 60.8 Å². The van der Waals surface area contributed by atoms with E-state index >= 15 is 0 Å². The number of aryl methyl sites for hydroxylation is 1. The van der Waals surface area contributed by atoms with Crippen LogP contribution in [0.25, 0.3) is 16.5 Å². The van der Waals surface area contributed by atoms with Gasteiger partial charge in [0.25, 0.3) is 0 Å². The molecule has 0 bridgehead atoms. The van der Waals surface area contributed by atoms with E-state index in [0.717, 1.165) is 36.7 Å². The van der Waals surface area contributed by atoms with E-state index < -0.39 is 5.97 Å². The maximum atomic E-state index is 11.2. The SMILES string of the molecule is O=C(O)c1ccc2[nH]cc(CCC3CC(c4ccccc4)=CCN3)c2c1. The summed E-state index contributed by atoms with van der Waals surface area (Å²) in [5.74, 6) is -0.884. The van der Waals surface area contributed by atoms with Gasteiger partial charge in [0.1, 0.15) is 0 Å². The van der Waals surface area contributed by atoms with Gasteiger partial charge in [-0.05, 0) is 54.2 Å². The van der Waals surface area contributed by atoms with Crippen molar-refractivity contribution in [3.05, 3.63) is 77.5 Å². The number of nitrogens with one attached hydrogen (secondary N) is 2. The molecule has 0 fully saturated rings. The van der Waals surface area contributed by atoms with Gasteiger partial charge in [-0.15, -0.1) is 0 Å². The molecule has 2 heterocycles. The number of aromatic amines is 1. The molecule has 4 nitrogen and oxygen atoms in total. The van der Waals surface area contributed by atoms with E-state index in [1.54, 1.807) is 12.1 Å². The van der Waals surface area contributed by atoms with Crippen LogP contribution in [0.1, 0.15) is 34.3 Å². The minimum Gasteiger partial charge on any atom is -0.478 e. The zero-order valence-corrected chi connectivity index (χ0v) is 14.5. The maximum absolute atomic E-state index is 11.2. The topological polar surface area (TPSA) is 65.1 Å². The summed E-state index contributed by atoms with van der Waals surface area (Å²) in [6.45, 7) is 0.895. The summed E-state index contributed by atoms with van der Waals surface area (Å²) in [6.07, 6.45) is 7.24. The largest absolute Gasteiger partial charge is 0.478 e. The summed E-state index contributed by atoms with van der Waals surface area (Å²) in [7, 11) is 0. The number of rotatable bonds is 5. The number of H-pyrrole nitrogens is 1. The smallest absolute Gasteiger partial charge is 0.335 e. The maximum Gasteiger partial charge on any atom is 0.335 e. The minimum atomic E-state index is -0.884. The number of hydrogen-bond donors (Lipinski definition) is 3. The molecule has 1 aliphatic heterocycles. The fourth-order valence-electron chi connectivity index (χ4n) is 3.71. The predicted molar refractivity (Wildman–Crippen MR) is 104 cm³/mol. The molecule has 1 aliphatic rings. The van der Waals surface area contributed by atoms with Crippen molar-refractivity contribution in [1.82, 2.24) is 10.3 Å². The number of carboxylic acids is 1. The summed E-state index contributed by atoms with van der Waals surface area (Å²) in [5.41, 5.74) is 5.22. The van der Waals surface area contributed by atoms with Gasteiger partial charge in [-0.3, -0.25) is 0 Å². The molecule has 1 aromatic heterocycles. The summed E-state index contributed by atoms with van der Waals surface area (Å²) >= 11 is 0. The van der Waals surface area contributed by atoms with Gasteiger partial charge in [0, 0.05) is 29.7 Å². The molecule has 0 saturated heterocycles. The Morgan fingerprint density at radius 1 is 1.15 bits per heavy atom. The molecule has 1 atom stereocenters. The van der Waals surface area contributed by atoms with Crippen molar-refractivity contribution in [2.45, 2.75) is 25.3 Å². The molecule has 0 saturated carbocycles. The van der Waals surface area contributed by atoms with Crippen LogP contribution >= 0.6 is 0 Å². The first kappa shape index (κ1) is 16.6. The number of benzene rings is 2. The second-order valence-corrected chi connectivity index (χ2v) is 6.82. The van der Waals surface area contributed by atoms with E-state index in [1.165, 1.54) is 16.7 Å². The first-order valence-electron chi connectivity index (χ1n) is 9.02. The molecular weight excluding hydrogens is 324 g/mol. The highest BCUT2D eigenvalue weighted by atomic mass is 16.4. The molecule has 4 heteroatoms. The second-order valence-electron chi connectivity index (χ2n) is 6.82. The van der Waals surface area contributed by atoms with Gasteiger partial charge < -0.3 is 15.4 Å². The third kappa shape index (κ3) is 3.41. The van der Waals surface area contributed by atoms with E-state index in [-0.39, 0.29) is 0 Å². The van der Waals surface area contributed by atoms with Crippen LogP contribution in [0.5, 0.6) is 0 Å². The molecule has 1 unspecified atom stereocenters. The molecule has 3 N–H and O–H groups in total.